The molecule has 1 aliphatic heterocycles. The smallest absolute Gasteiger partial charge is 0.330 e. The molecule has 128 valence electrons. The molecule has 0 amide bonds. The number of likely N-dealkylation sites (tertiary alicyclic amines) is 1. The van der Waals surface area contributed by atoms with Gasteiger partial charge in [-0.05, 0) is 31.0 Å². The van der Waals surface area contributed by atoms with Gasteiger partial charge in [0.25, 0.3) is 5.56 Å². The van der Waals surface area contributed by atoms with Crippen LogP contribution in [0.1, 0.15) is 12.1 Å². The molecule has 0 saturated carbocycles. The number of pyridine rings is 1. The van der Waals surface area contributed by atoms with Gasteiger partial charge in [0.2, 0.25) is 0 Å². The second-order valence-electron chi connectivity index (χ2n) is 6.36. The Morgan fingerprint density at radius 3 is 2.83 bits per heavy atom. The van der Waals surface area contributed by atoms with E-state index in [9.17, 15) is 9.59 Å². The number of hydrogen-bond donors (Lipinski definition) is 1. The number of nitrogens with one attached hydrogen (secondary N) is 1. The lowest BCUT2D eigenvalue weighted by atomic mass is 10.1. The van der Waals surface area contributed by atoms with Crippen LogP contribution in [0.2, 0.25) is 0 Å². The van der Waals surface area contributed by atoms with Crippen molar-refractivity contribution in [1.82, 2.24) is 19.0 Å². The first kappa shape index (κ1) is 16.4. The molecule has 0 radical (unpaired) electrons. The largest absolute Gasteiger partial charge is 0.370 e. The van der Waals surface area contributed by atoms with Crippen LogP contribution in [0.3, 0.4) is 0 Å². The Hall–Kier alpha value is -2.41. The van der Waals surface area contributed by atoms with E-state index in [0.717, 1.165) is 42.1 Å². The molecular weight excluding hydrogens is 306 g/mol. The lowest BCUT2D eigenvalue weighted by molar-refractivity contribution is 0.308. The summed E-state index contributed by atoms with van der Waals surface area (Å²) >= 11 is 0. The van der Waals surface area contributed by atoms with Crippen molar-refractivity contribution in [3.63, 3.8) is 0 Å². The Kier molecular flexibility index (Phi) is 4.80. The number of nitrogens with zero attached hydrogens (tertiary/aromatic N) is 4. The molecule has 0 aliphatic carbocycles. The molecule has 0 bridgehead atoms. The van der Waals surface area contributed by atoms with E-state index in [2.05, 4.69) is 15.2 Å². The van der Waals surface area contributed by atoms with Crippen molar-refractivity contribution >= 4 is 5.82 Å². The van der Waals surface area contributed by atoms with E-state index in [1.165, 1.54) is 7.05 Å². The summed E-state index contributed by atoms with van der Waals surface area (Å²) in [5.41, 5.74) is 0.243. The second kappa shape index (κ2) is 7.00. The molecule has 1 saturated heterocycles. The quantitative estimate of drug-likeness (QED) is 0.860. The third kappa shape index (κ3) is 3.56. The van der Waals surface area contributed by atoms with E-state index < -0.39 is 0 Å². The van der Waals surface area contributed by atoms with Crippen LogP contribution in [0.15, 0.2) is 40.1 Å². The van der Waals surface area contributed by atoms with Crippen LogP contribution in [-0.2, 0) is 20.6 Å². The highest BCUT2D eigenvalue weighted by molar-refractivity contribution is 5.33. The maximum absolute atomic E-state index is 12.0. The molecule has 3 rings (SSSR count). The summed E-state index contributed by atoms with van der Waals surface area (Å²) in [4.78, 5) is 30.4. The van der Waals surface area contributed by atoms with Crippen LogP contribution in [0.5, 0.6) is 0 Å². The zero-order chi connectivity index (χ0) is 17.1. The highest BCUT2D eigenvalue weighted by atomic mass is 16.2. The van der Waals surface area contributed by atoms with Crippen molar-refractivity contribution in [3.8, 4) is 0 Å². The molecule has 7 nitrogen and oxygen atoms in total. The van der Waals surface area contributed by atoms with Crippen LogP contribution >= 0.6 is 0 Å². The topological polar surface area (TPSA) is 72.2 Å². The monoisotopic (exact) mass is 329 g/mol. The van der Waals surface area contributed by atoms with Crippen molar-refractivity contribution < 1.29 is 0 Å². The van der Waals surface area contributed by atoms with Crippen molar-refractivity contribution in [2.45, 2.75) is 13.0 Å². The lowest BCUT2D eigenvalue weighted by Gasteiger charge is -2.18. The maximum Gasteiger partial charge on any atom is 0.330 e. The Morgan fingerprint density at radius 1 is 1.25 bits per heavy atom. The van der Waals surface area contributed by atoms with Crippen molar-refractivity contribution in [3.05, 3.63) is 57.0 Å². The highest BCUT2D eigenvalue weighted by Gasteiger charge is 2.23. The van der Waals surface area contributed by atoms with Gasteiger partial charge in [0.05, 0.1) is 0 Å². The minimum absolute atomic E-state index is 0.249. The van der Waals surface area contributed by atoms with Crippen molar-refractivity contribution in [2.75, 3.05) is 25.0 Å². The van der Waals surface area contributed by atoms with Gasteiger partial charge in [-0.2, -0.15) is 0 Å². The van der Waals surface area contributed by atoms with Gasteiger partial charge in [-0.25, -0.2) is 9.78 Å². The van der Waals surface area contributed by atoms with Gasteiger partial charge in [-0.1, -0.05) is 6.07 Å². The molecule has 24 heavy (non-hydrogen) atoms. The molecule has 0 spiro atoms. The van der Waals surface area contributed by atoms with E-state index in [1.807, 2.05) is 18.2 Å². The molecule has 1 atom stereocenters. The normalized spacial score (nSPS) is 18.0. The molecule has 1 fully saturated rings. The summed E-state index contributed by atoms with van der Waals surface area (Å²) in [5, 5.41) is 3.36. The molecule has 1 N–H and O–H groups in total. The molecule has 0 aromatic carbocycles. The predicted octanol–water partition coefficient (Wildman–Crippen LogP) is 0.413. The third-order valence-corrected chi connectivity index (χ3v) is 4.62. The Labute approximate surface area is 140 Å². The fraction of sp³-hybridized carbons (Fsp3) is 0.471. The van der Waals surface area contributed by atoms with Gasteiger partial charge < -0.3 is 5.32 Å². The van der Waals surface area contributed by atoms with E-state index in [1.54, 1.807) is 23.9 Å². The summed E-state index contributed by atoms with van der Waals surface area (Å²) in [6.07, 6.45) is 2.87. The van der Waals surface area contributed by atoms with Gasteiger partial charge >= 0.3 is 5.69 Å². The number of hydrogen-bond acceptors (Lipinski definition) is 5. The maximum atomic E-state index is 12.0. The minimum Gasteiger partial charge on any atom is -0.370 e. The summed E-state index contributed by atoms with van der Waals surface area (Å²) < 4.78 is 2.69. The van der Waals surface area contributed by atoms with Crippen LogP contribution in [-0.4, -0.2) is 38.7 Å². The van der Waals surface area contributed by atoms with Crippen LogP contribution < -0.4 is 16.6 Å². The SMILES string of the molecule is Cn1c(CN2CCC(CNc3ccccn3)C2)cc(=O)n(C)c1=O. The number of anilines is 1. The van der Waals surface area contributed by atoms with Crippen LogP contribution in [0.25, 0.3) is 0 Å². The fourth-order valence-electron chi connectivity index (χ4n) is 3.10. The van der Waals surface area contributed by atoms with Crippen molar-refractivity contribution in [2.24, 2.45) is 20.0 Å². The Morgan fingerprint density at radius 2 is 2.08 bits per heavy atom. The second-order valence-corrected chi connectivity index (χ2v) is 6.36. The highest BCUT2D eigenvalue weighted by Crippen LogP contribution is 2.18. The summed E-state index contributed by atoms with van der Waals surface area (Å²) in [6, 6.07) is 7.38. The van der Waals surface area contributed by atoms with Gasteiger partial charge in [-0.15, -0.1) is 0 Å². The third-order valence-electron chi connectivity index (χ3n) is 4.62. The fourth-order valence-corrected chi connectivity index (χ4v) is 3.10. The lowest BCUT2D eigenvalue weighted by Crippen LogP contribution is -2.39. The molecule has 3 heterocycles. The first-order chi connectivity index (χ1) is 11.5. The first-order valence-corrected chi connectivity index (χ1v) is 8.18. The molecule has 1 aliphatic rings. The van der Waals surface area contributed by atoms with Crippen LogP contribution in [0, 0.1) is 5.92 Å². The zero-order valence-corrected chi connectivity index (χ0v) is 14.1. The van der Waals surface area contributed by atoms with Crippen molar-refractivity contribution in [1.29, 1.82) is 0 Å². The van der Waals surface area contributed by atoms with E-state index in [4.69, 9.17) is 0 Å². The molecule has 7 heteroatoms. The van der Waals surface area contributed by atoms with Gasteiger partial charge in [0, 0.05) is 51.7 Å². The summed E-state index contributed by atoms with van der Waals surface area (Å²) in [5.74, 6) is 1.43. The average molecular weight is 329 g/mol. The summed E-state index contributed by atoms with van der Waals surface area (Å²) in [6.45, 7) is 3.42. The zero-order valence-electron chi connectivity index (χ0n) is 14.1. The summed E-state index contributed by atoms with van der Waals surface area (Å²) in [7, 11) is 3.22. The Balaban J connectivity index is 1.59. The standard InChI is InChI=1S/C17H23N5O2/c1-20-14(9-16(23)21(2)17(20)24)12-22-8-6-13(11-22)10-19-15-5-3-4-7-18-15/h3-5,7,9,13H,6,8,10-12H2,1-2H3,(H,18,19). The minimum atomic E-state index is -0.273. The Bertz CT molecular complexity index is 812. The van der Waals surface area contributed by atoms with Crippen LogP contribution in [0.4, 0.5) is 5.82 Å². The molecule has 2 aromatic rings. The first-order valence-electron chi connectivity index (χ1n) is 8.18. The number of rotatable bonds is 5. The average Bonchev–Trinajstić information content (AvgIpc) is 3.04. The molecule has 2 aromatic heterocycles. The van der Waals surface area contributed by atoms with Gasteiger partial charge in [0.1, 0.15) is 5.82 Å². The predicted molar refractivity (Wildman–Crippen MR) is 93.0 cm³/mol. The van der Waals surface area contributed by atoms with E-state index >= 15 is 0 Å². The van der Waals surface area contributed by atoms with Gasteiger partial charge in [0.15, 0.2) is 0 Å². The molecular formula is C17H23N5O2. The van der Waals surface area contributed by atoms with E-state index in [0.29, 0.717) is 12.5 Å². The van der Waals surface area contributed by atoms with E-state index in [-0.39, 0.29) is 11.2 Å². The molecule has 1 unspecified atom stereocenters. The van der Waals surface area contributed by atoms with Gasteiger partial charge in [-0.3, -0.25) is 18.8 Å². The number of aromatic nitrogens is 3.